The second kappa shape index (κ2) is 9.20. The van der Waals surface area contributed by atoms with Gasteiger partial charge in [0.2, 0.25) is 0 Å². The molecule has 0 fully saturated rings. The van der Waals surface area contributed by atoms with E-state index in [0.29, 0.717) is 0 Å². The van der Waals surface area contributed by atoms with Gasteiger partial charge in [0, 0.05) is 48.5 Å². The van der Waals surface area contributed by atoms with Crippen LogP contribution in [-0.2, 0) is 13.6 Å². The molecule has 0 aliphatic rings. The molecule has 0 saturated carbocycles. The Morgan fingerprint density at radius 1 is 1.06 bits per heavy atom. The Balaban J connectivity index is 1.85. The second-order valence-corrected chi connectivity index (χ2v) is 8.16. The maximum Gasteiger partial charge on any atom is 0.0961 e. The molecule has 3 aromatic carbocycles. The molecule has 1 heterocycles. The van der Waals surface area contributed by atoms with E-state index in [0.717, 1.165) is 40.4 Å². The van der Waals surface area contributed by atoms with Crippen molar-refractivity contribution in [1.29, 1.82) is 0 Å². The Kier molecular flexibility index (Phi) is 6.19. The molecule has 0 spiro atoms. The van der Waals surface area contributed by atoms with Crippen molar-refractivity contribution >= 4 is 46.6 Å². The summed E-state index contributed by atoms with van der Waals surface area (Å²) < 4.78 is 2.13. The van der Waals surface area contributed by atoms with Gasteiger partial charge < -0.3 is 14.8 Å². The lowest BCUT2D eigenvalue weighted by Gasteiger charge is -2.18. The number of hydrogen-bond acceptors (Lipinski definition) is 4. The molecular weight excluding hydrogens is 394 g/mol. The van der Waals surface area contributed by atoms with Gasteiger partial charge in [0.1, 0.15) is 0 Å². The monoisotopic (exact) mass is 423 g/mol. The fourth-order valence-corrected chi connectivity index (χ4v) is 4.00. The van der Waals surface area contributed by atoms with Gasteiger partial charge in [-0.05, 0) is 74.6 Å². The highest BCUT2D eigenvalue weighted by Gasteiger charge is 2.14. The number of hydrogen-bond donors (Lipinski definition) is 1. The zero-order valence-corrected chi connectivity index (χ0v) is 19.1. The van der Waals surface area contributed by atoms with Crippen LogP contribution in [0.25, 0.3) is 22.0 Å². The molecular formula is C27H29N5. The number of fused-ring (bicyclic) bond motifs is 1. The topological polar surface area (TPSA) is 44.9 Å². The number of rotatable bonds is 7. The van der Waals surface area contributed by atoms with Crippen LogP contribution in [0.1, 0.15) is 12.5 Å². The van der Waals surface area contributed by atoms with E-state index < -0.39 is 0 Å². The molecule has 0 atom stereocenters. The molecule has 1 N–H and O–H groups in total. The van der Waals surface area contributed by atoms with Crippen molar-refractivity contribution < 1.29 is 0 Å². The van der Waals surface area contributed by atoms with Crippen LogP contribution in [0.2, 0.25) is 0 Å². The Morgan fingerprint density at radius 3 is 2.62 bits per heavy atom. The van der Waals surface area contributed by atoms with Gasteiger partial charge in [-0.3, -0.25) is 9.98 Å². The van der Waals surface area contributed by atoms with Crippen LogP contribution in [0.5, 0.6) is 0 Å². The number of aryl methyl sites for hydroxylation is 1. The van der Waals surface area contributed by atoms with E-state index in [4.69, 9.17) is 0 Å². The maximum absolute atomic E-state index is 4.65. The van der Waals surface area contributed by atoms with Gasteiger partial charge in [0.05, 0.1) is 11.4 Å². The van der Waals surface area contributed by atoms with Crippen LogP contribution in [-0.4, -0.2) is 36.5 Å². The molecule has 1 aromatic heterocycles. The summed E-state index contributed by atoms with van der Waals surface area (Å²) >= 11 is 0. The minimum absolute atomic E-state index is 0.750. The Morgan fingerprint density at radius 2 is 1.88 bits per heavy atom. The van der Waals surface area contributed by atoms with Crippen molar-refractivity contribution in [2.24, 2.45) is 17.0 Å². The van der Waals surface area contributed by atoms with Crippen molar-refractivity contribution in [3.63, 3.8) is 0 Å². The highest BCUT2D eigenvalue weighted by atomic mass is 15.1. The number of para-hydroxylation sites is 1. The van der Waals surface area contributed by atoms with Gasteiger partial charge in [0.25, 0.3) is 0 Å². The number of aliphatic imine (C=N–C) groups is 2. The van der Waals surface area contributed by atoms with Gasteiger partial charge in [0.15, 0.2) is 0 Å². The van der Waals surface area contributed by atoms with Crippen molar-refractivity contribution in [2.45, 2.75) is 13.5 Å². The number of nitrogens with one attached hydrogen (secondary N) is 1. The molecule has 0 radical (unpaired) electrons. The van der Waals surface area contributed by atoms with E-state index in [2.05, 4.69) is 107 Å². The summed E-state index contributed by atoms with van der Waals surface area (Å²) in [6.07, 6.45) is 3.88. The van der Waals surface area contributed by atoms with Crippen molar-refractivity contribution in [1.82, 2.24) is 9.47 Å². The number of benzene rings is 3. The van der Waals surface area contributed by atoms with Crippen LogP contribution in [0.4, 0.5) is 22.7 Å². The van der Waals surface area contributed by atoms with Crippen LogP contribution < -0.4 is 5.32 Å². The zero-order valence-electron chi connectivity index (χ0n) is 19.1. The van der Waals surface area contributed by atoms with Crippen molar-refractivity contribution in [3.05, 3.63) is 72.4 Å². The van der Waals surface area contributed by atoms with E-state index in [1.807, 2.05) is 19.1 Å². The van der Waals surface area contributed by atoms with E-state index in [1.165, 1.54) is 16.5 Å². The summed E-state index contributed by atoms with van der Waals surface area (Å²) in [5, 5.41) is 4.82. The smallest absolute Gasteiger partial charge is 0.0961 e. The van der Waals surface area contributed by atoms with E-state index in [1.54, 1.807) is 6.21 Å². The highest BCUT2D eigenvalue weighted by molar-refractivity contribution is 5.94. The third-order valence-corrected chi connectivity index (χ3v) is 5.50. The van der Waals surface area contributed by atoms with Crippen LogP contribution >= 0.6 is 0 Å². The minimum atomic E-state index is 0.750. The molecule has 0 unspecified atom stereocenters. The molecule has 5 nitrogen and oxygen atoms in total. The highest BCUT2D eigenvalue weighted by Crippen LogP contribution is 2.42. The van der Waals surface area contributed by atoms with Gasteiger partial charge in [-0.2, -0.15) is 0 Å². The van der Waals surface area contributed by atoms with Crippen LogP contribution in [0, 0.1) is 0 Å². The van der Waals surface area contributed by atoms with Gasteiger partial charge >= 0.3 is 0 Å². The lowest BCUT2D eigenvalue weighted by Crippen LogP contribution is -2.12. The first-order valence-electron chi connectivity index (χ1n) is 10.7. The van der Waals surface area contributed by atoms with E-state index in [-0.39, 0.29) is 0 Å². The lowest BCUT2D eigenvalue weighted by molar-refractivity contribution is 0.403. The van der Waals surface area contributed by atoms with Crippen molar-refractivity contribution in [2.75, 3.05) is 19.4 Å². The van der Waals surface area contributed by atoms with E-state index >= 15 is 0 Å². The predicted molar refractivity (Wildman–Crippen MR) is 139 cm³/mol. The van der Waals surface area contributed by atoms with E-state index in [9.17, 15) is 0 Å². The Hall–Kier alpha value is -3.70. The molecule has 162 valence electrons. The second-order valence-electron chi connectivity index (χ2n) is 8.16. The first kappa shape index (κ1) is 21.5. The lowest BCUT2D eigenvalue weighted by atomic mass is 10.00. The average molecular weight is 424 g/mol. The largest absolute Gasteiger partial charge is 0.355 e. The number of nitrogens with zero attached hydrogens (tertiary/aromatic N) is 4. The standard InChI is InChI=1S/C27H29N5/c1-6-29-27-23(20-12-11-19-13-14-32(5)26(19)15-20)16-22(17-25(27)28-2)30-24-10-8-7-9-21(24)18-31(3)4/h6-17,30H,2,18H2,1,3-5H3. The van der Waals surface area contributed by atoms with Gasteiger partial charge in [-0.1, -0.05) is 30.3 Å². The van der Waals surface area contributed by atoms with Crippen LogP contribution in [0.3, 0.4) is 0 Å². The normalized spacial score (nSPS) is 11.5. The molecule has 4 aromatic rings. The molecule has 4 rings (SSSR count). The van der Waals surface area contributed by atoms with Crippen molar-refractivity contribution in [3.8, 4) is 11.1 Å². The fraction of sp³-hybridized carbons (Fsp3) is 0.185. The molecule has 32 heavy (non-hydrogen) atoms. The first-order valence-corrected chi connectivity index (χ1v) is 10.7. The third-order valence-electron chi connectivity index (χ3n) is 5.50. The summed E-state index contributed by atoms with van der Waals surface area (Å²) in [4.78, 5) is 11.1. The molecule has 5 heteroatoms. The minimum Gasteiger partial charge on any atom is -0.355 e. The molecule has 0 saturated heterocycles. The molecule has 0 aliphatic carbocycles. The SMILES string of the molecule is C=Nc1cc(Nc2ccccc2CN(C)C)cc(-c2ccc3ccn(C)c3c2)c1N=CC. The maximum atomic E-state index is 4.65. The van der Waals surface area contributed by atoms with Gasteiger partial charge in [-0.25, -0.2) is 0 Å². The summed E-state index contributed by atoms with van der Waals surface area (Å²) in [5.74, 6) is 0. The van der Waals surface area contributed by atoms with Crippen LogP contribution in [0.15, 0.2) is 76.8 Å². The zero-order chi connectivity index (χ0) is 22.7. The molecule has 0 amide bonds. The molecule has 0 aliphatic heterocycles. The third kappa shape index (κ3) is 4.34. The Bertz CT molecular complexity index is 1300. The summed E-state index contributed by atoms with van der Waals surface area (Å²) in [6, 6.07) is 21.1. The Labute approximate surface area is 189 Å². The summed E-state index contributed by atoms with van der Waals surface area (Å²) in [6.45, 7) is 6.58. The number of aromatic nitrogens is 1. The summed E-state index contributed by atoms with van der Waals surface area (Å²) in [5.41, 5.74) is 8.12. The average Bonchev–Trinajstić information content (AvgIpc) is 3.15. The quantitative estimate of drug-likeness (QED) is 0.336. The number of anilines is 2. The first-order chi connectivity index (χ1) is 15.5. The summed E-state index contributed by atoms with van der Waals surface area (Å²) in [7, 11) is 6.21. The van der Waals surface area contributed by atoms with Gasteiger partial charge in [-0.15, -0.1) is 0 Å². The predicted octanol–water partition coefficient (Wildman–Crippen LogP) is 6.70. The molecule has 0 bridgehead atoms. The fourth-order valence-electron chi connectivity index (χ4n) is 4.00.